The fourth-order valence-corrected chi connectivity index (χ4v) is 3.17. The lowest BCUT2D eigenvalue weighted by Gasteiger charge is -2.10. The Bertz CT molecular complexity index is 999. The molecule has 0 aliphatic rings. The molecule has 4 rings (SSSR count). The summed E-state index contributed by atoms with van der Waals surface area (Å²) in [6.07, 6.45) is 2.96. The number of benzene rings is 1. The normalized spacial score (nSPS) is 10.8. The molecule has 0 spiro atoms. The number of aromatic nitrogens is 4. The second kappa shape index (κ2) is 6.50. The molecule has 0 radical (unpaired) electrons. The number of pyridine rings is 1. The van der Waals surface area contributed by atoms with Crippen LogP contribution in [0.3, 0.4) is 0 Å². The maximum absolute atomic E-state index is 6.18. The molecular formula is C16H12ClN7S. The highest BCUT2D eigenvalue weighted by atomic mass is 35.5. The first kappa shape index (κ1) is 15.6. The van der Waals surface area contributed by atoms with Gasteiger partial charge in [0.2, 0.25) is 0 Å². The number of rotatable bonds is 4. The van der Waals surface area contributed by atoms with Crippen molar-refractivity contribution in [1.82, 2.24) is 19.9 Å². The Labute approximate surface area is 151 Å². The van der Waals surface area contributed by atoms with E-state index in [4.69, 9.17) is 17.3 Å². The van der Waals surface area contributed by atoms with Gasteiger partial charge in [-0.3, -0.25) is 0 Å². The van der Waals surface area contributed by atoms with E-state index in [-0.39, 0.29) is 0 Å². The number of hydrogen-bond acceptors (Lipinski definition) is 8. The summed E-state index contributed by atoms with van der Waals surface area (Å²) < 4.78 is 1.08. The third-order valence-electron chi connectivity index (χ3n) is 3.38. The molecule has 0 amide bonds. The fraction of sp³-hybridized carbons (Fsp3) is 0. The lowest BCUT2D eigenvalue weighted by atomic mass is 10.3. The van der Waals surface area contributed by atoms with Crippen molar-refractivity contribution in [1.29, 1.82) is 0 Å². The van der Waals surface area contributed by atoms with Gasteiger partial charge in [-0.05, 0) is 24.3 Å². The standard InChI is InChI=1S/C16H12ClN7S/c17-9-5-6-12(19-7-9)23-14-13(18)15(21-8-20-14)24-16-22-10-3-1-2-4-11(10)25-16/h1-8H,18H2,(H2,19,20,21,22,23,24). The van der Waals surface area contributed by atoms with Crippen LogP contribution in [0.25, 0.3) is 10.2 Å². The van der Waals surface area contributed by atoms with Gasteiger partial charge in [-0.2, -0.15) is 0 Å². The van der Waals surface area contributed by atoms with Crippen LogP contribution in [-0.4, -0.2) is 19.9 Å². The number of halogens is 1. The SMILES string of the molecule is Nc1c(Nc2ccc(Cl)cn2)ncnc1Nc1nc2ccccc2s1. The Kier molecular flexibility index (Phi) is 4.04. The average molecular weight is 370 g/mol. The average Bonchev–Trinajstić information content (AvgIpc) is 3.03. The van der Waals surface area contributed by atoms with Gasteiger partial charge in [0.15, 0.2) is 16.8 Å². The molecule has 0 bridgehead atoms. The Hall–Kier alpha value is -2.97. The molecule has 9 heteroatoms. The first-order chi connectivity index (χ1) is 12.2. The number of nitrogen functional groups attached to an aromatic ring is 1. The van der Waals surface area contributed by atoms with Gasteiger partial charge in [0.05, 0.1) is 15.2 Å². The van der Waals surface area contributed by atoms with Crippen molar-refractivity contribution in [3.8, 4) is 0 Å². The highest BCUT2D eigenvalue weighted by Crippen LogP contribution is 2.31. The molecule has 0 aliphatic carbocycles. The monoisotopic (exact) mass is 369 g/mol. The van der Waals surface area contributed by atoms with Crippen LogP contribution in [-0.2, 0) is 0 Å². The second-order valence-electron chi connectivity index (χ2n) is 5.08. The first-order valence-corrected chi connectivity index (χ1v) is 8.50. The van der Waals surface area contributed by atoms with Gasteiger partial charge < -0.3 is 16.4 Å². The quantitative estimate of drug-likeness (QED) is 0.495. The van der Waals surface area contributed by atoms with Crippen molar-refractivity contribution >= 4 is 61.4 Å². The number of anilines is 5. The maximum atomic E-state index is 6.18. The third-order valence-corrected chi connectivity index (χ3v) is 4.55. The summed E-state index contributed by atoms with van der Waals surface area (Å²) in [5, 5.41) is 7.46. The highest BCUT2D eigenvalue weighted by molar-refractivity contribution is 7.22. The van der Waals surface area contributed by atoms with E-state index in [1.807, 2.05) is 24.3 Å². The summed E-state index contributed by atoms with van der Waals surface area (Å²) in [7, 11) is 0. The Morgan fingerprint density at radius 2 is 1.76 bits per heavy atom. The molecule has 25 heavy (non-hydrogen) atoms. The molecule has 0 atom stereocenters. The van der Waals surface area contributed by atoms with Gasteiger partial charge in [0.1, 0.15) is 17.8 Å². The third kappa shape index (κ3) is 3.30. The van der Waals surface area contributed by atoms with Crippen LogP contribution < -0.4 is 16.4 Å². The molecular weight excluding hydrogens is 358 g/mol. The zero-order valence-electron chi connectivity index (χ0n) is 12.8. The molecule has 4 aromatic rings. The minimum atomic E-state index is 0.374. The Morgan fingerprint density at radius 3 is 2.52 bits per heavy atom. The molecule has 0 aliphatic heterocycles. The molecule has 1 aromatic carbocycles. The predicted molar refractivity (Wildman–Crippen MR) is 102 cm³/mol. The molecule has 7 nitrogen and oxygen atoms in total. The van der Waals surface area contributed by atoms with Crippen LogP contribution in [0, 0.1) is 0 Å². The summed E-state index contributed by atoms with van der Waals surface area (Å²) in [4.78, 5) is 17.0. The molecule has 3 heterocycles. The van der Waals surface area contributed by atoms with E-state index in [9.17, 15) is 0 Å². The van der Waals surface area contributed by atoms with Crippen molar-refractivity contribution < 1.29 is 0 Å². The fourth-order valence-electron chi connectivity index (χ4n) is 2.19. The first-order valence-electron chi connectivity index (χ1n) is 7.31. The predicted octanol–water partition coefficient (Wildman–Crippen LogP) is 4.20. The molecule has 0 saturated heterocycles. The molecule has 0 saturated carbocycles. The van der Waals surface area contributed by atoms with Gasteiger partial charge in [0, 0.05) is 6.20 Å². The zero-order valence-corrected chi connectivity index (χ0v) is 14.3. The Balaban J connectivity index is 1.61. The maximum Gasteiger partial charge on any atom is 0.189 e. The van der Waals surface area contributed by atoms with E-state index in [1.165, 1.54) is 17.7 Å². The highest BCUT2D eigenvalue weighted by Gasteiger charge is 2.11. The molecule has 4 N–H and O–H groups in total. The number of nitrogens with two attached hydrogens (primary N) is 1. The van der Waals surface area contributed by atoms with E-state index >= 15 is 0 Å². The minimum absolute atomic E-state index is 0.374. The largest absolute Gasteiger partial charge is 0.393 e. The van der Waals surface area contributed by atoms with E-state index in [0.717, 1.165) is 10.2 Å². The number of hydrogen-bond donors (Lipinski definition) is 3. The topological polar surface area (TPSA) is 102 Å². The van der Waals surface area contributed by atoms with E-state index < -0.39 is 0 Å². The second-order valence-corrected chi connectivity index (χ2v) is 6.55. The van der Waals surface area contributed by atoms with Crippen LogP contribution in [0.4, 0.5) is 28.3 Å². The number of para-hydroxylation sites is 1. The van der Waals surface area contributed by atoms with Crippen molar-refractivity contribution in [3.05, 3.63) is 53.9 Å². The summed E-state index contributed by atoms with van der Waals surface area (Å²) in [5.41, 5.74) is 7.47. The van der Waals surface area contributed by atoms with Crippen molar-refractivity contribution in [2.75, 3.05) is 16.4 Å². The van der Waals surface area contributed by atoms with Gasteiger partial charge >= 0.3 is 0 Å². The van der Waals surface area contributed by atoms with Gasteiger partial charge in [-0.15, -0.1) is 0 Å². The number of nitrogens with zero attached hydrogens (tertiary/aromatic N) is 4. The zero-order chi connectivity index (χ0) is 17.2. The molecule has 124 valence electrons. The lowest BCUT2D eigenvalue weighted by molar-refractivity contribution is 1.16. The number of nitrogens with one attached hydrogen (secondary N) is 2. The summed E-state index contributed by atoms with van der Waals surface area (Å²) in [6.45, 7) is 0. The summed E-state index contributed by atoms with van der Waals surface area (Å²) >= 11 is 7.37. The van der Waals surface area contributed by atoms with Crippen molar-refractivity contribution in [2.24, 2.45) is 0 Å². The van der Waals surface area contributed by atoms with Crippen LogP contribution in [0.5, 0.6) is 0 Å². The molecule has 3 aromatic heterocycles. The van der Waals surface area contributed by atoms with Crippen molar-refractivity contribution in [3.63, 3.8) is 0 Å². The van der Waals surface area contributed by atoms with E-state index in [2.05, 4.69) is 30.6 Å². The van der Waals surface area contributed by atoms with E-state index in [1.54, 1.807) is 18.3 Å². The van der Waals surface area contributed by atoms with Crippen molar-refractivity contribution in [2.45, 2.75) is 0 Å². The minimum Gasteiger partial charge on any atom is -0.393 e. The van der Waals surface area contributed by atoms with Crippen LogP contribution in [0.1, 0.15) is 0 Å². The molecule has 0 fully saturated rings. The van der Waals surface area contributed by atoms with Gasteiger partial charge in [-0.25, -0.2) is 19.9 Å². The van der Waals surface area contributed by atoms with E-state index in [0.29, 0.717) is 33.3 Å². The summed E-state index contributed by atoms with van der Waals surface area (Å²) in [5.74, 6) is 1.51. The van der Waals surface area contributed by atoms with Gasteiger partial charge in [-0.1, -0.05) is 35.1 Å². The number of thiazole rings is 1. The van der Waals surface area contributed by atoms with Crippen LogP contribution >= 0.6 is 22.9 Å². The lowest BCUT2D eigenvalue weighted by Crippen LogP contribution is -2.05. The number of fused-ring (bicyclic) bond motifs is 1. The molecule has 0 unspecified atom stereocenters. The Morgan fingerprint density at radius 1 is 0.960 bits per heavy atom. The van der Waals surface area contributed by atoms with Gasteiger partial charge in [0.25, 0.3) is 0 Å². The smallest absolute Gasteiger partial charge is 0.189 e. The summed E-state index contributed by atoms with van der Waals surface area (Å²) in [6, 6.07) is 11.4. The van der Waals surface area contributed by atoms with Crippen LogP contribution in [0.2, 0.25) is 5.02 Å². The van der Waals surface area contributed by atoms with Crippen LogP contribution in [0.15, 0.2) is 48.9 Å².